The van der Waals surface area contributed by atoms with Crippen molar-refractivity contribution in [3.63, 3.8) is 0 Å². The van der Waals surface area contributed by atoms with Gasteiger partial charge in [-0.05, 0) is 30.3 Å². The van der Waals surface area contributed by atoms with E-state index in [4.69, 9.17) is 18.9 Å². The van der Waals surface area contributed by atoms with Gasteiger partial charge in [-0.15, -0.1) is 0 Å². The maximum Gasteiger partial charge on any atom is 0.244 e. The summed E-state index contributed by atoms with van der Waals surface area (Å²) in [5.74, 6) is 1.57. The van der Waals surface area contributed by atoms with Crippen LogP contribution in [0.15, 0.2) is 54.7 Å². The van der Waals surface area contributed by atoms with Crippen molar-refractivity contribution in [2.24, 2.45) is 0 Å². The number of morpholine rings is 1. The fourth-order valence-electron chi connectivity index (χ4n) is 3.70. The van der Waals surface area contributed by atoms with Crippen LogP contribution in [0.1, 0.15) is 0 Å². The van der Waals surface area contributed by atoms with Crippen molar-refractivity contribution >= 4 is 5.91 Å². The van der Waals surface area contributed by atoms with Crippen LogP contribution >= 0.6 is 0 Å². The van der Waals surface area contributed by atoms with Crippen molar-refractivity contribution in [3.8, 4) is 28.5 Å². The monoisotopic (exact) mass is 439 g/mol. The Labute approximate surface area is 184 Å². The number of carbonyl (C=O) groups excluding carboxylic acids is 1. The van der Waals surface area contributed by atoms with Crippen molar-refractivity contribution in [2.75, 3.05) is 33.1 Å². The Morgan fingerprint density at radius 3 is 2.94 bits per heavy atom. The molecule has 1 aromatic heterocycles. The molecule has 1 atom stereocenters. The lowest BCUT2D eigenvalue weighted by atomic mass is 10.1. The van der Waals surface area contributed by atoms with Crippen LogP contribution < -0.4 is 14.2 Å². The van der Waals surface area contributed by atoms with Crippen molar-refractivity contribution in [1.82, 2.24) is 14.7 Å². The third kappa shape index (κ3) is 4.38. The number of hydrogen-bond acceptors (Lipinski definition) is 6. The Morgan fingerprint density at radius 2 is 2.03 bits per heavy atom. The molecule has 1 amide bonds. The molecule has 0 spiro atoms. The summed E-state index contributed by atoms with van der Waals surface area (Å²) in [7, 11) is 0. The van der Waals surface area contributed by atoms with E-state index in [0.717, 1.165) is 0 Å². The molecule has 1 fully saturated rings. The zero-order chi connectivity index (χ0) is 21.9. The molecule has 32 heavy (non-hydrogen) atoms. The molecule has 3 heterocycles. The van der Waals surface area contributed by atoms with Gasteiger partial charge < -0.3 is 23.8 Å². The molecule has 0 N–H and O–H groups in total. The van der Waals surface area contributed by atoms with Crippen LogP contribution in [-0.2, 0) is 16.1 Å². The molecule has 0 saturated carbocycles. The minimum absolute atomic E-state index is 0.0736. The number of hydrogen-bond donors (Lipinski definition) is 0. The van der Waals surface area contributed by atoms with Crippen molar-refractivity contribution in [3.05, 3.63) is 60.5 Å². The minimum Gasteiger partial charge on any atom is -0.491 e. The fourth-order valence-corrected chi connectivity index (χ4v) is 3.70. The summed E-state index contributed by atoms with van der Waals surface area (Å²) >= 11 is 0. The molecule has 0 bridgehead atoms. The maximum atomic E-state index is 14.0. The zero-order valence-corrected chi connectivity index (χ0v) is 17.3. The molecule has 0 radical (unpaired) electrons. The van der Waals surface area contributed by atoms with Crippen molar-refractivity contribution < 1.29 is 28.1 Å². The van der Waals surface area contributed by atoms with E-state index in [1.807, 2.05) is 6.07 Å². The summed E-state index contributed by atoms with van der Waals surface area (Å²) in [6.07, 6.45) is 1.44. The van der Waals surface area contributed by atoms with Crippen LogP contribution in [0.2, 0.25) is 0 Å². The molecule has 2 aromatic carbocycles. The maximum absolute atomic E-state index is 14.0. The van der Waals surface area contributed by atoms with Gasteiger partial charge in [0.25, 0.3) is 0 Å². The van der Waals surface area contributed by atoms with Gasteiger partial charge in [-0.2, -0.15) is 5.10 Å². The first-order valence-electron chi connectivity index (χ1n) is 10.4. The lowest BCUT2D eigenvalue weighted by Gasteiger charge is -2.32. The largest absolute Gasteiger partial charge is 0.491 e. The Hall–Kier alpha value is -3.59. The van der Waals surface area contributed by atoms with Crippen molar-refractivity contribution in [1.29, 1.82) is 0 Å². The number of halogens is 1. The number of rotatable bonds is 6. The highest BCUT2D eigenvalue weighted by molar-refractivity contribution is 5.76. The molecular formula is C23H22FN3O5. The second-order valence-corrected chi connectivity index (χ2v) is 7.54. The predicted octanol–water partition coefficient (Wildman–Crippen LogP) is 2.72. The molecule has 166 valence electrons. The molecule has 9 heteroatoms. The zero-order valence-electron chi connectivity index (χ0n) is 17.3. The number of fused-ring (bicyclic) bond motifs is 1. The molecule has 0 aliphatic carbocycles. The van der Waals surface area contributed by atoms with Gasteiger partial charge in [0.15, 0.2) is 11.5 Å². The number of nitrogens with zero attached hydrogens (tertiary/aromatic N) is 3. The predicted molar refractivity (Wildman–Crippen MR) is 112 cm³/mol. The van der Waals surface area contributed by atoms with Crippen molar-refractivity contribution in [2.45, 2.75) is 12.6 Å². The van der Waals surface area contributed by atoms with Gasteiger partial charge in [-0.25, -0.2) is 4.39 Å². The minimum atomic E-state index is -0.345. The first-order valence-corrected chi connectivity index (χ1v) is 10.4. The average Bonchev–Trinajstić information content (AvgIpc) is 3.47. The van der Waals surface area contributed by atoms with Gasteiger partial charge in [-0.1, -0.05) is 12.1 Å². The normalized spacial score (nSPS) is 17.4. The van der Waals surface area contributed by atoms with Gasteiger partial charge in [0.1, 0.15) is 30.8 Å². The molecule has 5 rings (SSSR count). The first kappa shape index (κ1) is 20.3. The van der Waals surface area contributed by atoms with Gasteiger partial charge in [0, 0.05) is 24.4 Å². The number of aromatic nitrogens is 2. The molecule has 1 saturated heterocycles. The van der Waals surface area contributed by atoms with E-state index >= 15 is 0 Å². The topological polar surface area (TPSA) is 75.1 Å². The Kier molecular flexibility index (Phi) is 5.64. The smallest absolute Gasteiger partial charge is 0.244 e. The Bertz CT molecular complexity index is 1120. The molecule has 8 nitrogen and oxygen atoms in total. The van der Waals surface area contributed by atoms with E-state index in [1.165, 1.54) is 10.7 Å². The molecule has 1 unspecified atom stereocenters. The average molecular weight is 439 g/mol. The van der Waals surface area contributed by atoms with Gasteiger partial charge in [0.05, 0.1) is 18.8 Å². The molecule has 2 aliphatic heterocycles. The van der Waals surface area contributed by atoms with E-state index in [1.54, 1.807) is 47.5 Å². The van der Waals surface area contributed by atoms with Gasteiger partial charge in [-0.3, -0.25) is 9.48 Å². The summed E-state index contributed by atoms with van der Waals surface area (Å²) in [6, 6.07) is 13.5. The molecular weight excluding hydrogens is 417 g/mol. The SMILES string of the molecule is O=C(Cn1ccc(-c2ccccc2F)n1)N1CCOC(COc2ccc3c(c2)OCO3)C1. The Morgan fingerprint density at radius 1 is 1.16 bits per heavy atom. The van der Waals surface area contributed by atoms with Crippen LogP contribution in [-0.4, -0.2) is 59.8 Å². The highest BCUT2D eigenvalue weighted by atomic mass is 19.1. The number of ether oxygens (including phenoxy) is 4. The summed E-state index contributed by atoms with van der Waals surface area (Å²) in [5.41, 5.74) is 0.902. The first-order chi connectivity index (χ1) is 15.7. The van der Waals surface area contributed by atoms with Gasteiger partial charge in [0.2, 0.25) is 12.7 Å². The van der Waals surface area contributed by atoms with E-state index in [2.05, 4.69) is 5.10 Å². The highest BCUT2D eigenvalue weighted by Gasteiger charge is 2.25. The standard InChI is InChI=1S/C23H22FN3O5/c24-19-4-2-1-3-18(19)20-7-8-27(25-20)13-23(28)26-9-10-29-17(12-26)14-30-16-5-6-21-22(11-16)32-15-31-21/h1-8,11,17H,9-10,12-15H2. The second-order valence-electron chi connectivity index (χ2n) is 7.54. The van der Waals surface area contributed by atoms with Crippen LogP contribution in [0.4, 0.5) is 4.39 Å². The number of amides is 1. The fraction of sp³-hybridized carbons (Fsp3) is 0.304. The van der Waals surface area contributed by atoms with E-state index < -0.39 is 0 Å². The summed E-state index contributed by atoms with van der Waals surface area (Å²) in [4.78, 5) is 14.5. The van der Waals surface area contributed by atoms with E-state index in [9.17, 15) is 9.18 Å². The summed E-state index contributed by atoms with van der Waals surface area (Å²) < 4.78 is 37.7. The summed E-state index contributed by atoms with van der Waals surface area (Å²) in [5, 5.41) is 4.35. The Balaban J connectivity index is 1.16. The quantitative estimate of drug-likeness (QED) is 0.588. The lowest BCUT2D eigenvalue weighted by Crippen LogP contribution is -2.48. The van der Waals surface area contributed by atoms with Crippen LogP contribution in [0.3, 0.4) is 0 Å². The molecule has 2 aliphatic rings. The lowest BCUT2D eigenvalue weighted by molar-refractivity contribution is -0.140. The summed E-state index contributed by atoms with van der Waals surface area (Å²) in [6.45, 7) is 1.94. The van der Waals surface area contributed by atoms with Crippen LogP contribution in [0.5, 0.6) is 17.2 Å². The van der Waals surface area contributed by atoms with E-state index in [-0.39, 0.29) is 31.2 Å². The van der Waals surface area contributed by atoms with Crippen LogP contribution in [0, 0.1) is 5.82 Å². The number of carbonyl (C=O) groups is 1. The van der Waals surface area contributed by atoms with E-state index in [0.29, 0.717) is 54.8 Å². The molecule has 3 aromatic rings. The third-order valence-corrected chi connectivity index (χ3v) is 5.36. The van der Waals surface area contributed by atoms with Crippen LogP contribution in [0.25, 0.3) is 11.3 Å². The third-order valence-electron chi connectivity index (χ3n) is 5.36. The number of benzene rings is 2. The highest BCUT2D eigenvalue weighted by Crippen LogP contribution is 2.35. The van der Waals surface area contributed by atoms with Gasteiger partial charge >= 0.3 is 0 Å². The second kappa shape index (κ2) is 8.88.